The van der Waals surface area contributed by atoms with Gasteiger partial charge in [0.15, 0.2) is 6.23 Å². The molecule has 4 atom stereocenters. The van der Waals surface area contributed by atoms with Crippen molar-refractivity contribution in [3.8, 4) is 0 Å². The molecule has 0 bridgehead atoms. The molecule has 2 heterocycles. The van der Waals surface area contributed by atoms with E-state index < -0.39 is 49.9 Å². The Bertz CT molecular complexity index is 1150. The van der Waals surface area contributed by atoms with E-state index in [9.17, 15) is 24.8 Å². The number of benzene rings is 2. The van der Waals surface area contributed by atoms with Crippen molar-refractivity contribution in [3.63, 3.8) is 0 Å². The van der Waals surface area contributed by atoms with Gasteiger partial charge in [-0.2, -0.15) is 4.98 Å². The Morgan fingerprint density at radius 2 is 1.79 bits per heavy atom. The van der Waals surface area contributed by atoms with Gasteiger partial charge in [0, 0.05) is 11.8 Å². The summed E-state index contributed by atoms with van der Waals surface area (Å²) in [5, 5.41) is 33.3. The first-order chi connectivity index (χ1) is 16.0. The Morgan fingerprint density at radius 1 is 1.12 bits per heavy atom. The number of aliphatic hydroxyl groups excluding tert-OH is 2. The third-order valence-electron chi connectivity index (χ3n) is 5.24. The summed E-state index contributed by atoms with van der Waals surface area (Å²) in [4.78, 5) is 28.7. The van der Waals surface area contributed by atoms with Crippen LogP contribution in [-0.4, -0.2) is 62.7 Å². The molecule has 1 aliphatic heterocycles. The Balaban J connectivity index is 1.49. The highest BCUT2D eigenvalue weighted by atomic mass is 16.6. The third-order valence-corrected chi connectivity index (χ3v) is 5.24. The van der Waals surface area contributed by atoms with Gasteiger partial charge in [-0.1, -0.05) is 48.5 Å². The molecular weight excluding hydrogens is 429 g/mol. The minimum atomic E-state index is -1.38. The monoisotopic (exact) mass is 451 g/mol. The number of hydrogen-bond donors (Lipinski definition) is 4. The van der Waals surface area contributed by atoms with E-state index in [0.29, 0.717) is 11.0 Å². The van der Waals surface area contributed by atoms with Gasteiger partial charge in [0.1, 0.15) is 24.1 Å². The van der Waals surface area contributed by atoms with Crippen LogP contribution in [0.1, 0.15) is 16.6 Å². The summed E-state index contributed by atoms with van der Waals surface area (Å²) in [7, 11) is -1.37. The standard InChI is InChI=1S/C22H22BN3O7/c27-13-16-19(33-23(31)15-9-5-2-6-10-15)18(28)21(32-16)26-12-11-17(25-22(26)30)24-20(29)14-7-3-1-4-8-14/h1-12,16,18-19,21,27-28,31H,13H2,(H,24,25,29,30)/t16-,18-,19-,21-/m1/s1. The number of aromatic nitrogens is 2. The quantitative estimate of drug-likeness (QED) is 0.353. The van der Waals surface area contributed by atoms with Gasteiger partial charge in [-0.15, -0.1) is 0 Å². The Morgan fingerprint density at radius 3 is 2.42 bits per heavy atom. The second-order valence-electron chi connectivity index (χ2n) is 7.42. The lowest BCUT2D eigenvalue weighted by molar-refractivity contribution is -0.0546. The zero-order valence-electron chi connectivity index (χ0n) is 17.4. The highest BCUT2D eigenvalue weighted by Gasteiger charge is 2.47. The average molecular weight is 451 g/mol. The van der Waals surface area contributed by atoms with Gasteiger partial charge in [-0.3, -0.25) is 9.36 Å². The average Bonchev–Trinajstić information content (AvgIpc) is 3.15. The van der Waals surface area contributed by atoms with E-state index in [0.717, 1.165) is 4.57 Å². The van der Waals surface area contributed by atoms with E-state index in [1.165, 1.54) is 12.3 Å². The molecule has 1 amide bonds. The van der Waals surface area contributed by atoms with Crippen molar-refractivity contribution >= 4 is 24.3 Å². The molecule has 3 aromatic rings. The summed E-state index contributed by atoms with van der Waals surface area (Å²) < 4.78 is 12.2. The number of carbonyl (C=O) groups excluding carboxylic acids is 1. The molecule has 1 aliphatic rings. The maximum atomic E-state index is 12.6. The van der Waals surface area contributed by atoms with Gasteiger partial charge in [0.25, 0.3) is 5.91 Å². The summed E-state index contributed by atoms with van der Waals surface area (Å²) in [6.07, 6.45) is -3.39. The van der Waals surface area contributed by atoms with Crippen LogP contribution in [0, 0.1) is 0 Å². The van der Waals surface area contributed by atoms with Gasteiger partial charge in [-0.05, 0) is 23.7 Å². The first kappa shape index (κ1) is 22.8. The Labute approximate surface area is 189 Å². The van der Waals surface area contributed by atoms with Crippen LogP contribution in [0.2, 0.25) is 0 Å². The van der Waals surface area contributed by atoms with Crippen LogP contribution in [0.25, 0.3) is 0 Å². The van der Waals surface area contributed by atoms with Gasteiger partial charge >= 0.3 is 12.8 Å². The highest BCUT2D eigenvalue weighted by Crippen LogP contribution is 2.30. The number of aliphatic hydroxyl groups is 2. The van der Waals surface area contributed by atoms with Crippen LogP contribution in [0.3, 0.4) is 0 Å². The van der Waals surface area contributed by atoms with E-state index in [-0.39, 0.29) is 5.82 Å². The van der Waals surface area contributed by atoms with Crippen molar-refractivity contribution < 1.29 is 29.4 Å². The van der Waals surface area contributed by atoms with Gasteiger partial charge in [0.2, 0.25) is 0 Å². The topological polar surface area (TPSA) is 143 Å². The molecule has 10 nitrogen and oxygen atoms in total. The van der Waals surface area contributed by atoms with Crippen LogP contribution < -0.4 is 16.5 Å². The molecule has 1 aromatic heterocycles. The molecule has 33 heavy (non-hydrogen) atoms. The SMILES string of the molecule is O=C(Nc1ccn([C@@H]2O[C@H](CO)[C@@H](OB(O)c3ccccc3)[C@H]2O)c(=O)n1)c1ccccc1. The molecule has 0 unspecified atom stereocenters. The van der Waals surface area contributed by atoms with Crippen LogP contribution in [0.15, 0.2) is 77.7 Å². The summed E-state index contributed by atoms with van der Waals surface area (Å²) in [6.45, 7) is -0.507. The molecule has 11 heteroatoms. The lowest BCUT2D eigenvalue weighted by Gasteiger charge is -2.22. The number of rotatable bonds is 7. The molecule has 4 N–H and O–H groups in total. The van der Waals surface area contributed by atoms with Crippen LogP contribution in [0.5, 0.6) is 0 Å². The number of amides is 1. The number of hydrogen-bond acceptors (Lipinski definition) is 8. The molecule has 0 saturated carbocycles. The number of carbonyl (C=O) groups is 1. The lowest BCUT2D eigenvalue weighted by Crippen LogP contribution is -2.45. The Hall–Kier alpha value is -3.35. The van der Waals surface area contributed by atoms with Crippen molar-refractivity contribution in [2.75, 3.05) is 11.9 Å². The predicted molar refractivity (Wildman–Crippen MR) is 119 cm³/mol. The van der Waals surface area contributed by atoms with E-state index in [1.54, 1.807) is 60.7 Å². The van der Waals surface area contributed by atoms with Crippen molar-refractivity contribution in [2.24, 2.45) is 0 Å². The molecule has 1 fully saturated rings. The van der Waals surface area contributed by atoms with Gasteiger partial charge in [-0.25, -0.2) is 4.79 Å². The summed E-state index contributed by atoms with van der Waals surface area (Å²) in [5.74, 6) is -0.398. The van der Waals surface area contributed by atoms with Gasteiger partial charge < -0.3 is 29.9 Å². The fourth-order valence-corrected chi connectivity index (χ4v) is 3.56. The van der Waals surface area contributed by atoms with Crippen molar-refractivity contribution in [1.82, 2.24) is 9.55 Å². The predicted octanol–water partition coefficient (Wildman–Crippen LogP) is -0.481. The van der Waals surface area contributed by atoms with Crippen molar-refractivity contribution in [3.05, 3.63) is 89.0 Å². The minimum absolute atomic E-state index is 0.0311. The number of nitrogens with zero attached hydrogens (tertiary/aromatic N) is 2. The smallest absolute Gasteiger partial charge is 0.423 e. The molecule has 0 spiro atoms. The molecule has 2 aromatic carbocycles. The largest absolute Gasteiger partial charge is 0.491 e. The van der Waals surface area contributed by atoms with E-state index in [2.05, 4.69) is 10.3 Å². The minimum Gasteiger partial charge on any atom is -0.423 e. The molecule has 170 valence electrons. The molecular formula is C22H22BN3O7. The first-order valence-electron chi connectivity index (χ1n) is 10.3. The van der Waals surface area contributed by atoms with Crippen molar-refractivity contribution in [1.29, 1.82) is 0 Å². The highest BCUT2D eigenvalue weighted by molar-refractivity contribution is 6.60. The van der Waals surface area contributed by atoms with Crippen molar-refractivity contribution in [2.45, 2.75) is 24.5 Å². The second-order valence-corrected chi connectivity index (χ2v) is 7.42. The fourth-order valence-electron chi connectivity index (χ4n) is 3.56. The third kappa shape index (κ3) is 5.02. The summed E-state index contributed by atoms with van der Waals surface area (Å²) in [6, 6.07) is 18.4. The van der Waals surface area contributed by atoms with E-state index >= 15 is 0 Å². The second kappa shape index (κ2) is 10.1. The van der Waals surface area contributed by atoms with E-state index in [1.807, 2.05) is 0 Å². The zero-order chi connectivity index (χ0) is 23.4. The number of nitrogens with one attached hydrogen (secondary N) is 1. The van der Waals surface area contributed by atoms with Crippen LogP contribution in [0.4, 0.5) is 5.82 Å². The molecule has 1 saturated heterocycles. The molecule has 0 aliphatic carbocycles. The Kier molecular flexibility index (Phi) is 6.97. The zero-order valence-corrected chi connectivity index (χ0v) is 17.4. The maximum Gasteiger partial charge on any atom is 0.491 e. The first-order valence-corrected chi connectivity index (χ1v) is 10.3. The van der Waals surface area contributed by atoms with Crippen LogP contribution >= 0.6 is 0 Å². The van der Waals surface area contributed by atoms with E-state index in [4.69, 9.17) is 9.39 Å². The maximum absolute atomic E-state index is 12.6. The molecule has 4 rings (SSSR count). The molecule has 0 radical (unpaired) electrons. The fraction of sp³-hybridized carbons (Fsp3) is 0.227. The lowest BCUT2D eigenvalue weighted by atomic mass is 9.79. The summed E-state index contributed by atoms with van der Waals surface area (Å²) >= 11 is 0. The normalized spacial score (nSPS) is 22.2. The summed E-state index contributed by atoms with van der Waals surface area (Å²) in [5.41, 5.74) is 0.0776. The number of ether oxygens (including phenoxy) is 1. The number of anilines is 1. The van der Waals surface area contributed by atoms with Crippen LogP contribution in [-0.2, 0) is 9.39 Å². The van der Waals surface area contributed by atoms with Gasteiger partial charge in [0.05, 0.1) is 6.61 Å².